The summed E-state index contributed by atoms with van der Waals surface area (Å²) in [6, 6.07) is 17.2. The molecule has 0 spiro atoms. The third kappa shape index (κ3) is 2.27. The number of benzene rings is 2. The van der Waals surface area contributed by atoms with Crippen LogP contribution < -0.4 is 10.9 Å². The van der Waals surface area contributed by atoms with Crippen molar-refractivity contribution in [3.05, 3.63) is 72.0 Å². The summed E-state index contributed by atoms with van der Waals surface area (Å²) in [5.41, 5.74) is 2.38. The predicted octanol–water partition coefficient (Wildman–Crippen LogP) is 2.75. The van der Waals surface area contributed by atoms with Crippen molar-refractivity contribution in [3.8, 4) is 0 Å². The average Bonchev–Trinajstić information content (AvgIpc) is 3.18. The Kier molecular flexibility index (Phi) is 3.28. The molecule has 3 heterocycles. The molecule has 0 aliphatic carbocycles. The van der Waals surface area contributed by atoms with Gasteiger partial charge in [-0.3, -0.25) is 14.3 Å². The van der Waals surface area contributed by atoms with E-state index in [2.05, 4.69) is 20.3 Å². The Balaban J connectivity index is 1.73. The molecule has 126 valence electrons. The van der Waals surface area contributed by atoms with Crippen LogP contribution >= 0.6 is 0 Å². The number of nitrogens with one attached hydrogen (secondary N) is 1. The van der Waals surface area contributed by atoms with E-state index in [0.717, 1.165) is 35.2 Å². The Hall–Kier alpha value is -3.54. The molecule has 0 bridgehead atoms. The van der Waals surface area contributed by atoms with Gasteiger partial charge in [0.2, 0.25) is 5.62 Å². The maximum absolute atomic E-state index is 12.9. The Morgan fingerprint density at radius 2 is 1.96 bits per heavy atom. The molecule has 6 heteroatoms. The maximum atomic E-state index is 12.9. The standard InChI is InChI=1S/C20H15N5O/c26-19(15-8-3-5-13-6-4-10-21-17(13)15)24-20-23-16-9-2-1-7-14(16)18-22-11-12-25(18)20/h1-10,22H,11-12H2. The van der Waals surface area contributed by atoms with Crippen LogP contribution in [-0.4, -0.2) is 27.0 Å². The first kappa shape index (κ1) is 14.8. The molecule has 1 N–H and O–H groups in total. The zero-order valence-corrected chi connectivity index (χ0v) is 13.9. The van der Waals surface area contributed by atoms with Crippen molar-refractivity contribution >= 4 is 33.5 Å². The highest BCUT2D eigenvalue weighted by Crippen LogP contribution is 2.22. The van der Waals surface area contributed by atoms with Crippen LogP contribution in [0.4, 0.5) is 5.82 Å². The van der Waals surface area contributed by atoms with Crippen molar-refractivity contribution in [2.45, 2.75) is 6.54 Å². The SMILES string of the molecule is O=C(N=c1nc2ccccc2c2n1CCN2)c1cccc2cccnc12. The number of rotatable bonds is 1. The maximum Gasteiger partial charge on any atom is 0.282 e. The molecule has 26 heavy (non-hydrogen) atoms. The van der Waals surface area contributed by atoms with Gasteiger partial charge in [-0.05, 0) is 24.3 Å². The van der Waals surface area contributed by atoms with Crippen LogP contribution in [-0.2, 0) is 6.54 Å². The third-order valence-corrected chi connectivity index (χ3v) is 4.58. The fraction of sp³-hybridized carbons (Fsp3) is 0.100. The van der Waals surface area contributed by atoms with Gasteiger partial charge in [0.05, 0.1) is 16.6 Å². The smallest absolute Gasteiger partial charge is 0.282 e. The number of carbonyl (C=O) groups is 1. The van der Waals surface area contributed by atoms with Crippen molar-refractivity contribution in [1.82, 2.24) is 14.5 Å². The Morgan fingerprint density at radius 1 is 1.08 bits per heavy atom. The van der Waals surface area contributed by atoms with Crippen LogP contribution in [0.3, 0.4) is 0 Å². The van der Waals surface area contributed by atoms with Gasteiger partial charge in [-0.2, -0.15) is 4.99 Å². The van der Waals surface area contributed by atoms with E-state index in [1.807, 2.05) is 53.1 Å². The van der Waals surface area contributed by atoms with Crippen molar-refractivity contribution in [1.29, 1.82) is 0 Å². The number of nitrogens with zero attached hydrogens (tertiary/aromatic N) is 4. The van der Waals surface area contributed by atoms with E-state index in [0.29, 0.717) is 16.7 Å². The molecule has 0 atom stereocenters. The zero-order valence-electron chi connectivity index (χ0n) is 13.9. The van der Waals surface area contributed by atoms with E-state index in [4.69, 9.17) is 0 Å². The van der Waals surface area contributed by atoms with Gasteiger partial charge in [0.1, 0.15) is 5.82 Å². The molecule has 5 rings (SSSR count). The normalized spacial score (nSPS) is 13.8. The van der Waals surface area contributed by atoms with Crippen LogP contribution in [0.1, 0.15) is 10.4 Å². The topological polar surface area (TPSA) is 72.2 Å². The van der Waals surface area contributed by atoms with Gasteiger partial charge in [-0.25, -0.2) is 4.98 Å². The lowest BCUT2D eigenvalue weighted by atomic mass is 10.1. The second-order valence-electron chi connectivity index (χ2n) is 6.15. The van der Waals surface area contributed by atoms with Crippen molar-refractivity contribution in [3.63, 3.8) is 0 Å². The predicted molar refractivity (Wildman–Crippen MR) is 99.9 cm³/mol. The quantitative estimate of drug-likeness (QED) is 0.578. The Morgan fingerprint density at radius 3 is 2.92 bits per heavy atom. The number of aromatic nitrogens is 3. The fourth-order valence-electron chi connectivity index (χ4n) is 3.39. The number of amides is 1. The lowest BCUT2D eigenvalue weighted by Crippen LogP contribution is -2.24. The van der Waals surface area contributed by atoms with Crippen molar-refractivity contribution in [2.24, 2.45) is 4.99 Å². The molecule has 6 nitrogen and oxygen atoms in total. The molecule has 0 fully saturated rings. The van der Waals surface area contributed by atoms with Crippen LogP contribution in [0.25, 0.3) is 21.8 Å². The highest BCUT2D eigenvalue weighted by molar-refractivity contribution is 6.05. The Bertz CT molecular complexity index is 1240. The van der Waals surface area contributed by atoms with Crippen LogP contribution in [0.15, 0.2) is 65.8 Å². The second-order valence-corrected chi connectivity index (χ2v) is 6.15. The van der Waals surface area contributed by atoms with Gasteiger partial charge in [-0.15, -0.1) is 0 Å². The first-order valence-corrected chi connectivity index (χ1v) is 8.47. The molecule has 1 aliphatic heterocycles. The summed E-state index contributed by atoms with van der Waals surface area (Å²) in [5.74, 6) is 0.622. The summed E-state index contributed by atoms with van der Waals surface area (Å²) in [4.78, 5) is 26.2. The van der Waals surface area contributed by atoms with E-state index in [1.165, 1.54) is 0 Å². The van der Waals surface area contributed by atoms with Crippen molar-refractivity contribution in [2.75, 3.05) is 11.9 Å². The minimum absolute atomic E-state index is 0.335. The second kappa shape index (κ2) is 5.77. The number of para-hydroxylation sites is 2. The van der Waals surface area contributed by atoms with Crippen LogP contribution in [0.2, 0.25) is 0 Å². The molecule has 1 aliphatic rings. The minimum atomic E-state index is -0.335. The molecule has 0 unspecified atom stereocenters. The van der Waals surface area contributed by atoms with Crippen LogP contribution in [0.5, 0.6) is 0 Å². The van der Waals surface area contributed by atoms with E-state index in [-0.39, 0.29) is 5.91 Å². The highest BCUT2D eigenvalue weighted by Gasteiger charge is 2.16. The third-order valence-electron chi connectivity index (χ3n) is 4.58. The summed E-state index contributed by atoms with van der Waals surface area (Å²) in [7, 11) is 0. The molecule has 0 saturated carbocycles. The number of pyridine rings is 1. The van der Waals surface area contributed by atoms with Crippen LogP contribution in [0, 0.1) is 0 Å². The number of fused-ring (bicyclic) bond motifs is 4. The zero-order chi connectivity index (χ0) is 17.5. The van der Waals surface area contributed by atoms with E-state index >= 15 is 0 Å². The van der Waals surface area contributed by atoms with Crippen molar-refractivity contribution < 1.29 is 4.79 Å². The molecule has 1 amide bonds. The van der Waals surface area contributed by atoms with E-state index in [9.17, 15) is 4.79 Å². The molecule has 4 aromatic rings. The molecule has 2 aromatic carbocycles. The Labute approximate surface area is 148 Å². The van der Waals surface area contributed by atoms with Gasteiger partial charge >= 0.3 is 0 Å². The molecular weight excluding hydrogens is 326 g/mol. The van der Waals surface area contributed by atoms with Gasteiger partial charge in [0.25, 0.3) is 5.91 Å². The van der Waals surface area contributed by atoms with E-state index in [1.54, 1.807) is 12.3 Å². The molecule has 0 radical (unpaired) electrons. The summed E-state index contributed by atoms with van der Waals surface area (Å²) < 4.78 is 1.96. The summed E-state index contributed by atoms with van der Waals surface area (Å²) in [5, 5.41) is 5.31. The van der Waals surface area contributed by atoms with Gasteiger partial charge in [-0.1, -0.05) is 30.3 Å². The summed E-state index contributed by atoms with van der Waals surface area (Å²) in [6.45, 7) is 1.52. The number of anilines is 1. The largest absolute Gasteiger partial charge is 0.369 e. The molecular formula is C20H15N5O. The first-order valence-electron chi connectivity index (χ1n) is 8.47. The molecule has 2 aromatic heterocycles. The minimum Gasteiger partial charge on any atom is -0.369 e. The lowest BCUT2D eigenvalue weighted by molar-refractivity contribution is 0.0998. The van der Waals surface area contributed by atoms with Gasteiger partial charge in [0.15, 0.2) is 0 Å². The summed E-state index contributed by atoms with van der Waals surface area (Å²) >= 11 is 0. The monoisotopic (exact) mass is 341 g/mol. The lowest BCUT2D eigenvalue weighted by Gasteiger charge is -2.08. The van der Waals surface area contributed by atoms with E-state index < -0.39 is 0 Å². The van der Waals surface area contributed by atoms with Gasteiger partial charge < -0.3 is 5.32 Å². The number of hydrogen-bond donors (Lipinski definition) is 1. The number of hydrogen-bond acceptors (Lipinski definition) is 4. The fourth-order valence-corrected chi connectivity index (χ4v) is 3.39. The molecule has 0 saturated heterocycles. The first-order chi connectivity index (χ1) is 12.8. The van der Waals surface area contributed by atoms with Gasteiger partial charge in [0, 0.05) is 30.1 Å². The average molecular weight is 341 g/mol. The summed E-state index contributed by atoms with van der Waals surface area (Å²) in [6.07, 6.45) is 1.68. The highest BCUT2D eigenvalue weighted by atomic mass is 16.1. The number of carbonyl (C=O) groups excluding carboxylic acids is 1.